The van der Waals surface area contributed by atoms with Gasteiger partial charge in [-0.1, -0.05) is 0 Å². The van der Waals surface area contributed by atoms with Crippen molar-refractivity contribution in [2.75, 3.05) is 26.2 Å². The molecule has 0 spiro atoms. The Morgan fingerprint density at radius 3 is 1.63 bits per heavy atom. The molecule has 0 radical (unpaired) electrons. The van der Waals surface area contributed by atoms with Crippen molar-refractivity contribution in [3.63, 3.8) is 0 Å². The van der Waals surface area contributed by atoms with Crippen molar-refractivity contribution < 1.29 is 60.4 Å². The van der Waals surface area contributed by atoms with Crippen LogP contribution < -0.4 is 5.32 Å². The summed E-state index contributed by atoms with van der Waals surface area (Å²) < 4.78 is 76.4. The number of alkyl halides is 6. The Morgan fingerprint density at radius 1 is 0.857 bits per heavy atom. The van der Waals surface area contributed by atoms with E-state index < -0.39 is 24.3 Å². The van der Waals surface area contributed by atoms with Crippen molar-refractivity contribution in [2.45, 2.75) is 37.3 Å². The van der Waals surface area contributed by atoms with Crippen LogP contribution in [-0.2, 0) is 9.59 Å². The van der Waals surface area contributed by atoms with Crippen molar-refractivity contribution in [3.8, 4) is 0 Å². The van der Waals surface area contributed by atoms with Gasteiger partial charge in [0.2, 0.25) is 0 Å². The van der Waals surface area contributed by atoms with Crippen LogP contribution in [0.2, 0.25) is 0 Å². The molecule has 1 aromatic rings. The van der Waals surface area contributed by atoms with E-state index in [-0.39, 0.29) is 29.7 Å². The fourth-order valence-electron chi connectivity index (χ4n) is 3.37. The number of aliphatic carboxylic acids is 2. The number of piperidine rings is 1. The fourth-order valence-corrected chi connectivity index (χ4v) is 3.37. The van der Waals surface area contributed by atoms with Gasteiger partial charge in [-0.05, 0) is 50.2 Å². The number of carbonyl (C=O) groups is 3. The zero-order valence-corrected chi connectivity index (χ0v) is 17.9. The predicted molar refractivity (Wildman–Crippen MR) is 105 cm³/mol. The van der Waals surface area contributed by atoms with Gasteiger partial charge in [-0.25, -0.2) is 14.0 Å². The number of carboxylic acid groups (broad SMARTS) is 2. The molecule has 0 saturated carbocycles. The van der Waals surface area contributed by atoms with E-state index in [0.717, 1.165) is 32.5 Å². The van der Waals surface area contributed by atoms with Crippen LogP contribution in [0.25, 0.3) is 0 Å². The normalized spacial score (nSPS) is 21.3. The third-order valence-electron chi connectivity index (χ3n) is 5.13. The van der Waals surface area contributed by atoms with E-state index in [0.29, 0.717) is 12.1 Å². The monoisotopic (exact) mass is 520 g/mol. The molecule has 0 bridgehead atoms. The first-order valence-electron chi connectivity index (χ1n) is 10.1. The second-order valence-electron chi connectivity index (χ2n) is 7.58. The van der Waals surface area contributed by atoms with Gasteiger partial charge in [-0.15, -0.1) is 0 Å². The number of hydrogen-bond acceptors (Lipinski definition) is 6. The molecule has 2 saturated heterocycles. The van der Waals surface area contributed by atoms with Gasteiger partial charge in [-0.3, -0.25) is 9.69 Å². The zero-order chi connectivity index (χ0) is 27.0. The van der Waals surface area contributed by atoms with Crippen LogP contribution >= 0.6 is 0 Å². The topological polar surface area (TPSA) is 127 Å². The highest BCUT2D eigenvalue weighted by atomic mass is 19.4. The molecule has 35 heavy (non-hydrogen) atoms. The lowest BCUT2D eigenvalue weighted by atomic mass is 9.88. The number of carbonyl (C=O) groups excluding carboxylic acids is 1. The molecule has 2 atom stereocenters. The van der Waals surface area contributed by atoms with Gasteiger partial charge in [0.1, 0.15) is 5.82 Å². The molecule has 0 aromatic heterocycles. The number of likely N-dealkylation sites (tertiary alicyclic amines) is 1. The molecule has 8 nitrogen and oxygen atoms in total. The number of Topliss-reactive ketones (excluding diaryl/α,β-unsaturated/α-hetero) is 1. The number of aliphatic hydroxyl groups is 1. The van der Waals surface area contributed by atoms with E-state index >= 15 is 0 Å². The van der Waals surface area contributed by atoms with E-state index in [9.17, 15) is 40.6 Å². The summed E-state index contributed by atoms with van der Waals surface area (Å²) in [4.78, 5) is 32.5. The number of halogens is 7. The minimum atomic E-state index is -5.08. The molecule has 0 amide bonds. The maximum atomic E-state index is 12.9. The van der Waals surface area contributed by atoms with E-state index in [4.69, 9.17) is 19.8 Å². The van der Waals surface area contributed by atoms with Crippen LogP contribution in [0.1, 0.15) is 23.2 Å². The summed E-state index contributed by atoms with van der Waals surface area (Å²) in [7, 11) is 0. The van der Waals surface area contributed by atoms with Crippen LogP contribution in [0.15, 0.2) is 24.3 Å². The Bertz CT molecular complexity index is 829. The van der Waals surface area contributed by atoms with Gasteiger partial charge < -0.3 is 20.6 Å². The number of aliphatic hydroxyl groups excluding tert-OH is 1. The lowest BCUT2D eigenvalue weighted by molar-refractivity contribution is -0.193. The van der Waals surface area contributed by atoms with Crippen molar-refractivity contribution in [2.24, 2.45) is 5.92 Å². The van der Waals surface area contributed by atoms with Crippen LogP contribution in [-0.4, -0.2) is 88.6 Å². The molecule has 15 heteroatoms. The average molecular weight is 520 g/mol. The van der Waals surface area contributed by atoms with Gasteiger partial charge in [0.15, 0.2) is 5.78 Å². The maximum absolute atomic E-state index is 12.9. The minimum absolute atomic E-state index is 0.0122. The number of carboxylic acids is 2. The maximum Gasteiger partial charge on any atom is 0.490 e. The number of hydrogen-bond donors (Lipinski definition) is 4. The van der Waals surface area contributed by atoms with E-state index in [2.05, 4.69) is 10.2 Å². The van der Waals surface area contributed by atoms with Gasteiger partial charge in [-0.2, -0.15) is 26.3 Å². The predicted octanol–water partition coefficient (Wildman–Crippen LogP) is 2.32. The first-order chi connectivity index (χ1) is 16.0. The van der Waals surface area contributed by atoms with Gasteiger partial charge in [0.05, 0.1) is 6.10 Å². The smallest absolute Gasteiger partial charge is 0.475 e. The highest BCUT2D eigenvalue weighted by Gasteiger charge is 2.39. The molecule has 1 unspecified atom stereocenters. The van der Waals surface area contributed by atoms with Crippen molar-refractivity contribution >= 4 is 17.7 Å². The number of ketones is 1. The highest BCUT2D eigenvalue weighted by molar-refractivity contribution is 5.97. The summed E-state index contributed by atoms with van der Waals surface area (Å²) in [6.07, 6.45) is -8.87. The Kier molecular flexibility index (Phi) is 11.1. The molecular formula is C20H23F7N2O6. The summed E-state index contributed by atoms with van der Waals surface area (Å²) >= 11 is 0. The summed E-state index contributed by atoms with van der Waals surface area (Å²) in [5.74, 6) is -5.71. The number of benzene rings is 1. The molecule has 2 aliphatic rings. The number of nitrogens with zero attached hydrogens (tertiary/aromatic N) is 1. The third kappa shape index (κ3) is 10.2. The van der Waals surface area contributed by atoms with Crippen molar-refractivity contribution in [3.05, 3.63) is 35.6 Å². The van der Waals surface area contributed by atoms with Gasteiger partial charge in [0, 0.05) is 30.6 Å². The Morgan fingerprint density at radius 2 is 1.29 bits per heavy atom. The fraction of sp³-hybridized carbons (Fsp3) is 0.550. The first-order valence-corrected chi connectivity index (χ1v) is 10.1. The standard InChI is InChI=1S/C16H21FN2O2.2C2HF3O2/c17-13-3-1-11(2-4-13)16(21)12-5-7-19(8-6-12)14-9-18-10-15(14)20;2*3-2(4,5)1(6)7/h1-4,12,14-15,18,20H,5-10H2;2*(H,6,7)/t14-,15?;;/m0../s1. The molecule has 1 aromatic carbocycles. The molecule has 2 fully saturated rings. The van der Waals surface area contributed by atoms with Crippen LogP contribution in [0.3, 0.4) is 0 Å². The Balaban J connectivity index is 0.000000362. The Hall–Kier alpha value is -2.78. The number of rotatable bonds is 3. The first kappa shape index (κ1) is 30.3. The largest absolute Gasteiger partial charge is 0.490 e. The molecule has 198 valence electrons. The highest BCUT2D eigenvalue weighted by Crippen LogP contribution is 2.24. The number of β-amino-alcohol motifs (C(OH)–C–C–N with tert-alkyl or cyclic N) is 1. The average Bonchev–Trinajstić information content (AvgIpc) is 3.19. The van der Waals surface area contributed by atoms with Crippen LogP contribution in [0, 0.1) is 11.7 Å². The SMILES string of the molecule is O=C(O)C(F)(F)F.O=C(O)C(F)(F)F.O=C(c1ccc(F)cc1)C1CCN([C@H]2CNCC2O)CC1. The zero-order valence-electron chi connectivity index (χ0n) is 17.9. The quantitative estimate of drug-likeness (QED) is 0.354. The van der Waals surface area contributed by atoms with Crippen molar-refractivity contribution in [1.82, 2.24) is 10.2 Å². The molecular weight excluding hydrogens is 497 g/mol. The Labute approximate surface area is 194 Å². The van der Waals surface area contributed by atoms with Gasteiger partial charge in [0.25, 0.3) is 0 Å². The van der Waals surface area contributed by atoms with Crippen LogP contribution in [0.5, 0.6) is 0 Å². The second kappa shape index (κ2) is 12.8. The lowest BCUT2D eigenvalue weighted by Crippen LogP contribution is -2.48. The molecule has 3 rings (SSSR count). The van der Waals surface area contributed by atoms with E-state index in [1.54, 1.807) is 12.1 Å². The summed E-state index contributed by atoms with van der Waals surface area (Å²) in [5, 5.41) is 27.4. The summed E-state index contributed by atoms with van der Waals surface area (Å²) in [6.45, 7) is 3.14. The molecule has 2 aliphatic heterocycles. The van der Waals surface area contributed by atoms with E-state index in [1.165, 1.54) is 12.1 Å². The third-order valence-corrected chi connectivity index (χ3v) is 5.13. The van der Waals surface area contributed by atoms with Gasteiger partial charge >= 0.3 is 24.3 Å². The second-order valence-corrected chi connectivity index (χ2v) is 7.58. The van der Waals surface area contributed by atoms with E-state index in [1.807, 2.05) is 0 Å². The lowest BCUT2D eigenvalue weighted by Gasteiger charge is -2.36. The molecule has 0 aliphatic carbocycles. The number of nitrogens with one attached hydrogen (secondary N) is 1. The molecule has 4 N–H and O–H groups in total. The molecule has 2 heterocycles. The summed E-state index contributed by atoms with van der Waals surface area (Å²) in [6, 6.07) is 5.97. The van der Waals surface area contributed by atoms with Crippen molar-refractivity contribution in [1.29, 1.82) is 0 Å². The summed E-state index contributed by atoms with van der Waals surface area (Å²) in [5.41, 5.74) is 0.595. The van der Waals surface area contributed by atoms with Crippen LogP contribution in [0.4, 0.5) is 30.7 Å². The minimum Gasteiger partial charge on any atom is -0.475 e.